The number of nitro groups is 1. The lowest BCUT2D eigenvalue weighted by atomic mass is 10.2. The molecule has 1 aromatic carbocycles. The van der Waals surface area contributed by atoms with Crippen molar-refractivity contribution in [2.24, 2.45) is 0 Å². The molecular weight excluding hydrogens is 251 g/mol. The number of nitro benzene ring substituents is 1. The Morgan fingerprint density at radius 1 is 1.32 bits per heavy atom. The molecule has 19 heavy (non-hydrogen) atoms. The Bertz CT molecular complexity index is 595. The van der Waals surface area contributed by atoms with Crippen LogP contribution in [0, 0.1) is 15.9 Å². The van der Waals surface area contributed by atoms with Crippen LogP contribution in [0.3, 0.4) is 0 Å². The second kappa shape index (κ2) is 5.51. The third kappa shape index (κ3) is 3.09. The van der Waals surface area contributed by atoms with Gasteiger partial charge in [0.2, 0.25) is 0 Å². The maximum atomic E-state index is 13.6. The van der Waals surface area contributed by atoms with E-state index in [-0.39, 0.29) is 11.4 Å². The molecule has 2 aromatic rings. The number of hydrogen-bond donors (Lipinski definition) is 1. The molecule has 1 N–H and O–H groups in total. The van der Waals surface area contributed by atoms with E-state index < -0.39 is 10.7 Å². The van der Waals surface area contributed by atoms with Crippen molar-refractivity contribution in [3.8, 4) is 0 Å². The molecule has 0 saturated carbocycles. The molecule has 0 aliphatic rings. The molecule has 0 fully saturated rings. The number of nitrogens with one attached hydrogen (secondary N) is 1. The highest BCUT2D eigenvalue weighted by atomic mass is 19.1. The van der Waals surface area contributed by atoms with Gasteiger partial charge in [0.1, 0.15) is 11.5 Å². The molecule has 5 nitrogen and oxygen atoms in total. The summed E-state index contributed by atoms with van der Waals surface area (Å²) in [6.07, 6.45) is 0.798. The summed E-state index contributed by atoms with van der Waals surface area (Å²) >= 11 is 0. The SMILES string of the molecule is CCc1ccc(CNc2ccc([N+](=O)[O-])cc2F)o1. The number of benzene rings is 1. The molecule has 0 saturated heterocycles. The maximum Gasteiger partial charge on any atom is 0.272 e. The molecule has 0 spiro atoms. The second-order valence-electron chi connectivity index (χ2n) is 4.00. The Hall–Kier alpha value is -2.37. The van der Waals surface area contributed by atoms with Crippen LogP contribution in [0.15, 0.2) is 34.7 Å². The van der Waals surface area contributed by atoms with Crippen LogP contribution in [0.4, 0.5) is 15.8 Å². The van der Waals surface area contributed by atoms with Crippen LogP contribution in [0.1, 0.15) is 18.4 Å². The van der Waals surface area contributed by atoms with E-state index in [0.717, 1.165) is 18.2 Å². The standard InChI is InChI=1S/C13H13FN2O3/c1-2-10-4-5-11(19-10)8-15-13-6-3-9(16(17)18)7-12(13)14/h3-7,15H,2,8H2,1H3. The van der Waals surface area contributed by atoms with Crippen molar-refractivity contribution < 1.29 is 13.7 Å². The van der Waals surface area contributed by atoms with Gasteiger partial charge < -0.3 is 9.73 Å². The highest BCUT2D eigenvalue weighted by Gasteiger charge is 2.10. The molecule has 0 atom stereocenters. The van der Waals surface area contributed by atoms with Crippen molar-refractivity contribution >= 4 is 11.4 Å². The number of halogens is 1. The Labute approximate surface area is 109 Å². The first-order valence-corrected chi connectivity index (χ1v) is 5.85. The quantitative estimate of drug-likeness (QED) is 0.662. The lowest BCUT2D eigenvalue weighted by molar-refractivity contribution is -0.385. The lowest BCUT2D eigenvalue weighted by Gasteiger charge is -2.05. The molecule has 1 heterocycles. The molecule has 0 unspecified atom stereocenters. The molecule has 100 valence electrons. The minimum Gasteiger partial charge on any atom is -0.464 e. The first-order chi connectivity index (χ1) is 9.10. The van der Waals surface area contributed by atoms with Crippen LogP contribution >= 0.6 is 0 Å². The molecular formula is C13H13FN2O3. The number of rotatable bonds is 5. The molecule has 0 aliphatic carbocycles. The van der Waals surface area contributed by atoms with Gasteiger partial charge in [-0.25, -0.2) is 4.39 Å². The van der Waals surface area contributed by atoms with Crippen LogP contribution in [-0.2, 0) is 13.0 Å². The van der Waals surface area contributed by atoms with E-state index in [1.165, 1.54) is 12.1 Å². The fourth-order valence-corrected chi connectivity index (χ4v) is 1.65. The third-order valence-corrected chi connectivity index (χ3v) is 2.68. The van der Waals surface area contributed by atoms with Crippen molar-refractivity contribution in [3.63, 3.8) is 0 Å². The van der Waals surface area contributed by atoms with Crippen molar-refractivity contribution in [1.29, 1.82) is 0 Å². The van der Waals surface area contributed by atoms with Crippen molar-refractivity contribution in [1.82, 2.24) is 0 Å². The van der Waals surface area contributed by atoms with Gasteiger partial charge in [0.15, 0.2) is 5.82 Å². The van der Waals surface area contributed by atoms with E-state index in [9.17, 15) is 14.5 Å². The number of nitrogens with zero attached hydrogens (tertiary/aromatic N) is 1. The fraction of sp³-hybridized carbons (Fsp3) is 0.231. The molecule has 6 heteroatoms. The molecule has 0 radical (unpaired) electrons. The van der Waals surface area contributed by atoms with E-state index in [4.69, 9.17) is 4.42 Å². The smallest absolute Gasteiger partial charge is 0.272 e. The van der Waals surface area contributed by atoms with Crippen LogP contribution in [0.5, 0.6) is 0 Å². The zero-order valence-corrected chi connectivity index (χ0v) is 10.4. The van der Waals surface area contributed by atoms with Crippen molar-refractivity contribution in [3.05, 3.63) is 57.8 Å². The Balaban J connectivity index is 2.05. The fourth-order valence-electron chi connectivity index (χ4n) is 1.65. The van der Waals surface area contributed by atoms with Crippen LogP contribution in [0.25, 0.3) is 0 Å². The zero-order valence-electron chi connectivity index (χ0n) is 10.4. The average molecular weight is 264 g/mol. The van der Waals surface area contributed by atoms with E-state index in [1.807, 2.05) is 19.1 Å². The first-order valence-electron chi connectivity index (χ1n) is 5.85. The highest BCUT2D eigenvalue weighted by molar-refractivity contribution is 5.50. The highest BCUT2D eigenvalue weighted by Crippen LogP contribution is 2.21. The van der Waals surface area contributed by atoms with Gasteiger partial charge in [-0.05, 0) is 18.2 Å². The number of furan rings is 1. The van der Waals surface area contributed by atoms with Gasteiger partial charge in [-0.2, -0.15) is 0 Å². The summed E-state index contributed by atoms with van der Waals surface area (Å²) in [5.41, 5.74) is -0.0608. The van der Waals surface area contributed by atoms with E-state index in [2.05, 4.69) is 5.32 Å². The average Bonchev–Trinajstić information content (AvgIpc) is 2.85. The minimum atomic E-state index is -0.656. The number of aryl methyl sites for hydroxylation is 1. The normalized spacial score (nSPS) is 10.4. The van der Waals surface area contributed by atoms with Gasteiger partial charge in [0.25, 0.3) is 5.69 Å². The number of non-ortho nitro benzene ring substituents is 1. The summed E-state index contributed by atoms with van der Waals surface area (Å²) in [4.78, 5) is 9.85. The minimum absolute atomic E-state index is 0.208. The Kier molecular flexibility index (Phi) is 3.79. The summed E-state index contributed by atoms with van der Waals surface area (Å²) in [5, 5.41) is 13.3. The van der Waals surface area contributed by atoms with Gasteiger partial charge in [-0.15, -0.1) is 0 Å². The molecule has 0 amide bonds. The summed E-state index contributed by atoms with van der Waals surface area (Å²) < 4.78 is 19.1. The third-order valence-electron chi connectivity index (χ3n) is 2.68. The van der Waals surface area contributed by atoms with E-state index >= 15 is 0 Å². The van der Waals surface area contributed by atoms with Gasteiger partial charge in [-0.1, -0.05) is 6.92 Å². The summed E-state index contributed by atoms with van der Waals surface area (Å²) in [7, 11) is 0. The largest absolute Gasteiger partial charge is 0.464 e. The zero-order chi connectivity index (χ0) is 13.8. The molecule has 1 aromatic heterocycles. The van der Waals surface area contributed by atoms with Crippen LogP contribution in [-0.4, -0.2) is 4.92 Å². The van der Waals surface area contributed by atoms with Crippen LogP contribution in [0.2, 0.25) is 0 Å². The predicted molar refractivity (Wildman–Crippen MR) is 68.5 cm³/mol. The second-order valence-corrected chi connectivity index (χ2v) is 4.00. The Morgan fingerprint density at radius 2 is 2.05 bits per heavy atom. The van der Waals surface area contributed by atoms with Gasteiger partial charge in [0.05, 0.1) is 23.2 Å². The topological polar surface area (TPSA) is 68.3 Å². The van der Waals surface area contributed by atoms with E-state index in [0.29, 0.717) is 12.3 Å². The summed E-state index contributed by atoms with van der Waals surface area (Å²) in [5.74, 6) is 0.895. The van der Waals surface area contributed by atoms with Crippen molar-refractivity contribution in [2.75, 3.05) is 5.32 Å². The van der Waals surface area contributed by atoms with Gasteiger partial charge in [0, 0.05) is 12.5 Å². The Morgan fingerprint density at radius 3 is 2.63 bits per heavy atom. The first kappa shape index (κ1) is 13.1. The number of hydrogen-bond acceptors (Lipinski definition) is 4. The predicted octanol–water partition coefficient (Wildman–Crippen LogP) is 3.50. The van der Waals surface area contributed by atoms with E-state index in [1.54, 1.807) is 0 Å². The van der Waals surface area contributed by atoms with Crippen molar-refractivity contribution in [2.45, 2.75) is 19.9 Å². The van der Waals surface area contributed by atoms with Gasteiger partial charge in [-0.3, -0.25) is 10.1 Å². The van der Waals surface area contributed by atoms with Crippen LogP contribution < -0.4 is 5.32 Å². The summed E-state index contributed by atoms with van der Waals surface area (Å²) in [6.45, 7) is 2.31. The number of anilines is 1. The molecule has 0 aliphatic heterocycles. The summed E-state index contributed by atoms with van der Waals surface area (Å²) in [6, 6.07) is 7.17. The molecule has 0 bridgehead atoms. The monoisotopic (exact) mass is 264 g/mol. The molecule has 2 rings (SSSR count). The lowest BCUT2D eigenvalue weighted by Crippen LogP contribution is -2.01. The maximum absolute atomic E-state index is 13.6. The van der Waals surface area contributed by atoms with Gasteiger partial charge >= 0.3 is 0 Å².